The summed E-state index contributed by atoms with van der Waals surface area (Å²) in [5.41, 5.74) is 1.09. The van der Waals surface area contributed by atoms with Crippen LogP contribution < -0.4 is 0 Å². The van der Waals surface area contributed by atoms with Crippen molar-refractivity contribution in [2.24, 2.45) is 46.3 Å². The van der Waals surface area contributed by atoms with Crippen molar-refractivity contribution >= 4 is 0 Å². The molecular weight excluding hydrogens is 228 g/mol. The van der Waals surface area contributed by atoms with Crippen LogP contribution in [-0.2, 0) is 0 Å². The third kappa shape index (κ3) is 2.61. The van der Waals surface area contributed by atoms with Crippen LogP contribution in [0.15, 0.2) is 0 Å². The molecule has 5 atom stereocenters. The topological polar surface area (TPSA) is 0 Å². The first-order valence-corrected chi connectivity index (χ1v) is 8.73. The van der Waals surface area contributed by atoms with Gasteiger partial charge in [-0.1, -0.05) is 48.0 Å². The van der Waals surface area contributed by atoms with Crippen molar-refractivity contribution in [2.45, 2.75) is 73.6 Å². The normalized spacial score (nSPS) is 44.8. The fourth-order valence-corrected chi connectivity index (χ4v) is 5.42. The quantitative estimate of drug-likeness (QED) is 0.603. The monoisotopic (exact) mass is 262 g/mol. The molecule has 0 heteroatoms. The second-order valence-electron chi connectivity index (χ2n) is 9.86. The Morgan fingerprint density at radius 1 is 1.11 bits per heavy atom. The van der Waals surface area contributed by atoms with Gasteiger partial charge in [-0.3, -0.25) is 0 Å². The molecule has 0 amide bonds. The van der Waals surface area contributed by atoms with E-state index in [2.05, 4.69) is 41.5 Å². The van der Waals surface area contributed by atoms with Gasteiger partial charge in [0.25, 0.3) is 0 Å². The van der Waals surface area contributed by atoms with Crippen LogP contribution in [0.5, 0.6) is 0 Å². The van der Waals surface area contributed by atoms with E-state index in [0.29, 0.717) is 10.8 Å². The molecule has 5 unspecified atom stereocenters. The molecule has 3 aliphatic rings. The molecule has 0 saturated heterocycles. The summed E-state index contributed by atoms with van der Waals surface area (Å²) >= 11 is 0. The summed E-state index contributed by atoms with van der Waals surface area (Å²) in [6, 6.07) is 0. The maximum absolute atomic E-state index is 2.55. The molecule has 3 saturated carbocycles. The van der Waals surface area contributed by atoms with Gasteiger partial charge in [-0.2, -0.15) is 0 Å². The second kappa shape index (κ2) is 4.25. The minimum atomic E-state index is 0.500. The zero-order valence-electron chi connectivity index (χ0n) is 14.0. The molecule has 0 aromatic heterocycles. The highest BCUT2D eigenvalue weighted by atomic mass is 14.7. The lowest BCUT2D eigenvalue weighted by molar-refractivity contribution is 0.182. The van der Waals surface area contributed by atoms with Gasteiger partial charge in [0.2, 0.25) is 0 Å². The van der Waals surface area contributed by atoms with Crippen molar-refractivity contribution in [3.8, 4) is 0 Å². The van der Waals surface area contributed by atoms with E-state index < -0.39 is 0 Å². The maximum atomic E-state index is 2.55. The lowest BCUT2D eigenvalue weighted by Crippen LogP contribution is -2.22. The molecule has 0 nitrogen and oxygen atoms in total. The second-order valence-corrected chi connectivity index (χ2v) is 9.86. The first-order chi connectivity index (χ1) is 8.73. The van der Waals surface area contributed by atoms with Gasteiger partial charge in [0, 0.05) is 0 Å². The Kier molecular flexibility index (Phi) is 3.12. The lowest BCUT2D eigenvalue weighted by Gasteiger charge is -2.32. The van der Waals surface area contributed by atoms with Crippen molar-refractivity contribution in [1.82, 2.24) is 0 Å². The van der Waals surface area contributed by atoms with Crippen molar-refractivity contribution in [1.29, 1.82) is 0 Å². The van der Waals surface area contributed by atoms with Crippen LogP contribution >= 0.6 is 0 Å². The summed E-state index contributed by atoms with van der Waals surface area (Å²) in [6.07, 6.45) is 7.48. The zero-order valence-corrected chi connectivity index (χ0v) is 14.0. The van der Waals surface area contributed by atoms with Crippen LogP contribution in [0.25, 0.3) is 0 Å². The Labute approximate surface area is 120 Å². The van der Waals surface area contributed by atoms with Crippen molar-refractivity contribution in [3.05, 3.63) is 0 Å². The standard InChI is InChI=1S/C19H34/c1-7-14(17-15-9-16(15)17)12-8-13(11-18(2,3)4)19(5,6)10-12/h12-17H,7-11H2,1-6H3. The first-order valence-electron chi connectivity index (χ1n) is 8.73. The van der Waals surface area contributed by atoms with Crippen LogP contribution in [0.3, 0.4) is 0 Å². The van der Waals surface area contributed by atoms with Crippen molar-refractivity contribution in [3.63, 3.8) is 0 Å². The van der Waals surface area contributed by atoms with Gasteiger partial charge in [0.1, 0.15) is 0 Å². The van der Waals surface area contributed by atoms with E-state index in [4.69, 9.17) is 0 Å². The molecule has 0 radical (unpaired) electrons. The van der Waals surface area contributed by atoms with Crippen molar-refractivity contribution in [2.75, 3.05) is 0 Å². The fourth-order valence-electron chi connectivity index (χ4n) is 5.42. The molecular formula is C19H34. The number of hydrogen-bond donors (Lipinski definition) is 0. The highest BCUT2D eigenvalue weighted by molar-refractivity contribution is 5.15. The molecule has 3 rings (SSSR count). The van der Waals surface area contributed by atoms with E-state index in [1.807, 2.05) is 0 Å². The molecule has 19 heavy (non-hydrogen) atoms. The van der Waals surface area contributed by atoms with E-state index in [0.717, 1.165) is 17.8 Å². The predicted octanol–water partition coefficient (Wildman–Crippen LogP) is 5.77. The average Bonchev–Trinajstić information content (AvgIpc) is 3.09. The first kappa shape index (κ1) is 14.0. The lowest BCUT2D eigenvalue weighted by atomic mass is 9.73. The van der Waals surface area contributed by atoms with Crippen LogP contribution in [0.4, 0.5) is 0 Å². The molecule has 0 heterocycles. The van der Waals surface area contributed by atoms with Gasteiger partial charge >= 0.3 is 0 Å². The van der Waals surface area contributed by atoms with E-state index in [1.54, 1.807) is 6.42 Å². The largest absolute Gasteiger partial charge is 0.0651 e. The Morgan fingerprint density at radius 3 is 2.16 bits per heavy atom. The molecule has 3 fully saturated rings. The van der Waals surface area contributed by atoms with E-state index >= 15 is 0 Å². The third-order valence-corrected chi connectivity index (χ3v) is 6.65. The highest BCUT2D eigenvalue weighted by Gasteiger charge is 2.67. The maximum Gasteiger partial charge on any atom is -0.0321 e. The molecule has 0 aromatic rings. The summed E-state index contributed by atoms with van der Waals surface area (Å²) in [6.45, 7) is 14.8. The number of rotatable bonds is 4. The minimum Gasteiger partial charge on any atom is -0.0651 e. The van der Waals surface area contributed by atoms with Crippen LogP contribution in [0.1, 0.15) is 73.6 Å². The summed E-state index contributed by atoms with van der Waals surface area (Å²) < 4.78 is 0. The zero-order chi connectivity index (χ0) is 14.0. The Morgan fingerprint density at radius 2 is 1.74 bits per heavy atom. The number of fused-ring (bicyclic) bond motifs is 1. The summed E-state index contributed by atoms with van der Waals surface area (Å²) in [5, 5.41) is 0. The smallest absolute Gasteiger partial charge is 0.0321 e. The van der Waals surface area contributed by atoms with Gasteiger partial charge in [-0.15, -0.1) is 0 Å². The molecule has 0 N–H and O–H groups in total. The highest BCUT2D eigenvalue weighted by Crippen LogP contribution is 2.73. The van der Waals surface area contributed by atoms with Crippen molar-refractivity contribution < 1.29 is 0 Å². The van der Waals surface area contributed by atoms with Crippen LogP contribution in [0.2, 0.25) is 0 Å². The summed E-state index contributed by atoms with van der Waals surface area (Å²) in [5.74, 6) is 6.63. The van der Waals surface area contributed by atoms with Gasteiger partial charge in [-0.05, 0) is 72.0 Å². The summed E-state index contributed by atoms with van der Waals surface area (Å²) in [7, 11) is 0. The molecule has 3 aliphatic carbocycles. The molecule has 0 bridgehead atoms. The molecule has 0 aromatic carbocycles. The third-order valence-electron chi connectivity index (χ3n) is 6.65. The van der Waals surface area contributed by atoms with E-state index in [1.165, 1.54) is 43.4 Å². The van der Waals surface area contributed by atoms with E-state index in [-0.39, 0.29) is 0 Å². The van der Waals surface area contributed by atoms with Crippen LogP contribution in [0, 0.1) is 46.3 Å². The predicted molar refractivity (Wildman–Crippen MR) is 82.9 cm³/mol. The van der Waals surface area contributed by atoms with Gasteiger partial charge in [0.15, 0.2) is 0 Å². The SMILES string of the molecule is CCC(C1CC(CC(C)(C)C)C(C)(C)C1)C1C2CC21. The van der Waals surface area contributed by atoms with Gasteiger partial charge in [-0.25, -0.2) is 0 Å². The number of hydrogen-bond acceptors (Lipinski definition) is 0. The average molecular weight is 262 g/mol. The van der Waals surface area contributed by atoms with Crippen LogP contribution in [-0.4, -0.2) is 0 Å². The van der Waals surface area contributed by atoms with E-state index in [9.17, 15) is 0 Å². The van der Waals surface area contributed by atoms with Gasteiger partial charge in [0.05, 0.1) is 0 Å². The molecule has 0 spiro atoms. The Hall–Kier alpha value is 0. The minimum absolute atomic E-state index is 0.500. The fraction of sp³-hybridized carbons (Fsp3) is 1.00. The Bertz CT molecular complexity index is 338. The Balaban J connectivity index is 1.65. The van der Waals surface area contributed by atoms with Gasteiger partial charge < -0.3 is 0 Å². The molecule has 110 valence electrons. The molecule has 0 aliphatic heterocycles. The summed E-state index contributed by atoms with van der Waals surface area (Å²) in [4.78, 5) is 0.